The molecule has 186 valence electrons. The van der Waals surface area contributed by atoms with Crippen LogP contribution in [0.5, 0.6) is 11.6 Å². The zero-order valence-electron chi connectivity index (χ0n) is 21.2. The lowest BCUT2D eigenvalue weighted by Crippen LogP contribution is -2.38. The lowest BCUT2D eigenvalue weighted by molar-refractivity contribution is 0.00440. The van der Waals surface area contributed by atoms with E-state index in [0.29, 0.717) is 18.1 Å². The average Bonchev–Trinajstić information content (AvgIpc) is 2.88. The lowest BCUT2D eigenvalue weighted by atomic mass is 9.70. The molecule has 0 saturated heterocycles. The van der Waals surface area contributed by atoms with Crippen molar-refractivity contribution in [3.63, 3.8) is 0 Å². The van der Waals surface area contributed by atoms with Crippen LogP contribution < -0.4 is 4.74 Å². The molecule has 1 N–H and O–H groups in total. The normalized spacial score (nSPS) is 18.9. The second-order valence-corrected chi connectivity index (χ2v) is 11.3. The van der Waals surface area contributed by atoms with Crippen LogP contribution in [0.4, 0.5) is 0 Å². The molecule has 4 nitrogen and oxygen atoms in total. The van der Waals surface area contributed by atoms with Crippen molar-refractivity contribution < 1.29 is 9.84 Å². The van der Waals surface area contributed by atoms with Crippen LogP contribution >= 0.6 is 15.9 Å². The Kier molecular flexibility index (Phi) is 6.03. The van der Waals surface area contributed by atoms with Gasteiger partial charge in [0.2, 0.25) is 5.88 Å². The number of nitrogens with zero attached hydrogens (tertiary/aromatic N) is 2. The molecule has 2 heterocycles. The van der Waals surface area contributed by atoms with Crippen molar-refractivity contribution in [2.24, 2.45) is 0 Å². The van der Waals surface area contributed by atoms with E-state index in [1.165, 1.54) is 5.56 Å². The fraction of sp³-hybridized carbons (Fsp3) is 0.219. The highest BCUT2D eigenvalue weighted by Crippen LogP contribution is 2.52. The van der Waals surface area contributed by atoms with E-state index in [1.54, 1.807) is 0 Å². The molecular weight excluding hydrogens is 524 g/mol. The van der Waals surface area contributed by atoms with E-state index in [1.807, 2.05) is 50.5 Å². The number of aromatic nitrogens is 1. The van der Waals surface area contributed by atoms with Crippen molar-refractivity contribution in [3.8, 4) is 11.6 Å². The predicted octanol–water partition coefficient (Wildman–Crippen LogP) is 7.54. The summed E-state index contributed by atoms with van der Waals surface area (Å²) in [5, 5.41) is 16.1. The molecule has 37 heavy (non-hydrogen) atoms. The number of hydrogen-bond donors (Lipinski definition) is 1. The van der Waals surface area contributed by atoms with E-state index in [4.69, 9.17) is 9.72 Å². The second-order valence-electron chi connectivity index (χ2n) is 10.3. The maximum absolute atomic E-state index is 13.0. The highest BCUT2D eigenvalue weighted by atomic mass is 79.9. The molecule has 0 spiro atoms. The van der Waals surface area contributed by atoms with Gasteiger partial charge in [-0.25, -0.2) is 4.98 Å². The van der Waals surface area contributed by atoms with E-state index in [-0.39, 0.29) is 0 Å². The maximum Gasteiger partial charge on any atom is 0.223 e. The van der Waals surface area contributed by atoms with Crippen LogP contribution in [0, 0.1) is 6.92 Å². The number of aliphatic hydroxyl groups is 1. The minimum atomic E-state index is -1.21. The van der Waals surface area contributed by atoms with E-state index >= 15 is 0 Å². The van der Waals surface area contributed by atoms with Crippen LogP contribution in [-0.2, 0) is 5.60 Å². The first-order valence-electron chi connectivity index (χ1n) is 12.6. The van der Waals surface area contributed by atoms with Gasteiger partial charge in [-0.3, -0.25) is 0 Å². The van der Waals surface area contributed by atoms with E-state index in [9.17, 15) is 5.11 Å². The summed E-state index contributed by atoms with van der Waals surface area (Å²) >= 11 is 3.61. The molecule has 1 aliphatic rings. The third-order valence-corrected chi connectivity index (χ3v) is 7.92. The highest BCUT2D eigenvalue weighted by Gasteiger charge is 2.44. The number of aryl methyl sites for hydroxylation is 1. The first-order chi connectivity index (χ1) is 17.8. The first-order valence-corrected chi connectivity index (χ1v) is 13.4. The van der Waals surface area contributed by atoms with Gasteiger partial charge in [0.05, 0.1) is 5.52 Å². The quantitative estimate of drug-likeness (QED) is 0.250. The molecule has 6 rings (SSSR count). The van der Waals surface area contributed by atoms with Gasteiger partial charge in [-0.1, -0.05) is 70.0 Å². The van der Waals surface area contributed by atoms with Gasteiger partial charge in [-0.15, -0.1) is 0 Å². The van der Waals surface area contributed by atoms with Crippen LogP contribution in [0.1, 0.15) is 34.6 Å². The minimum absolute atomic E-state index is 0.391. The molecule has 0 radical (unpaired) electrons. The Bertz CT molecular complexity index is 1630. The summed E-state index contributed by atoms with van der Waals surface area (Å²) < 4.78 is 7.52. The molecular formula is C32H29BrN2O2. The zero-order chi connectivity index (χ0) is 25.7. The summed E-state index contributed by atoms with van der Waals surface area (Å²) in [6.07, 6.45) is 0.544. The van der Waals surface area contributed by atoms with Crippen LogP contribution in [0.3, 0.4) is 0 Å². The summed E-state index contributed by atoms with van der Waals surface area (Å²) in [7, 11) is 4.09. The van der Waals surface area contributed by atoms with Crippen LogP contribution in [0.2, 0.25) is 0 Å². The Morgan fingerprint density at radius 3 is 2.51 bits per heavy atom. The number of ether oxygens (including phenoxy) is 1. The van der Waals surface area contributed by atoms with Crippen LogP contribution in [-0.4, -0.2) is 35.6 Å². The molecule has 2 atom stereocenters. The second kappa shape index (κ2) is 9.25. The third kappa shape index (κ3) is 4.31. The van der Waals surface area contributed by atoms with Gasteiger partial charge in [-0.2, -0.15) is 0 Å². The zero-order valence-corrected chi connectivity index (χ0v) is 22.8. The SMILES string of the molecule is Cc1ccc(C2c3cc4cc(Br)ccc4nc3Oc3cc(c4ccccc4c3)C2(O)CCN(C)C)cc1. The minimum Gasteiger partial charge on any atom is -0.439 e. The van der Waals surface area contributed by atoms with Gasteiger partial charge in [0.1, 0.15) is 11.4 Å². The molecule has 0 saturated carbocycles. The summed E-state index contributed by atoms with van der Waals surface area (Å²) in [6.45, 7) is 2.81. The van der Waals surface area contributed by atoms with E-state index in [0.717, 1.165) is 49.4 Å². The van der Waals surface area contributed by atoms with Crippen molar-refractivity contribution in [2.75, 3.05) is 20.6 Å². The molecule has 0 amide bonds. The van der Waals surface area contributed by atoms with E-state index < -0.39 is 11.5 Å². The summed E-state index contributed by atoms with van der Waals surface area (Å²) in [5.74, 6) is 0.826. The molecule has 2 bridgehead atoms. The largest absolute Gasteiger partial charge is 0.439 e. The number of pyridine rings is 1. The molecule has 2 unspecified atom stereocenters. The van der Waals surface area contributed by atoms with Crippen molar-refractivity contribution in [3.05, 3.63) is 112 Å². The van der Waals surface area contributed by atoms with Gasteiger partial charge < -0.3 is 14.7 Å². The molecule has 4 aromatic carbocycles. The molecule has 0 fully saturated rings. The molecule has 1 aromatic heterocycles. The van der Waals surface area contributed by atoms with Gasteiger partial charge in [-0.05, 0) is 85.7 Å². The molecule has 1 aliphatic heterocycles. The van der Waals surface area contributed by atoms with Gasteiger partial charge in [0, 0.05) is 27.9 Å². The summed E-state index contributed by atoms with van der Waals surface area (Å²) in [5.41, 5.74) is 3.61. The smallest absolute Gasteiger partial charge is 0.223 e. The lowest BCUT2D eigenvalue weighted by Gasteiger charge is -2.40. The van der Waals surface area contributed by atoms with Gasteiger partial charge >= 0.3 is 0 Å². The van der Waals surface area contributed by atoms with Gasteiger partial charge in [0.25, 0.3) is 0 Å². The summed E-state index contributed by atoms with van der Waals surface area (Å²) in [4.78, 5) is 7.11. The Hall–Kier alpha value is -3.25. The highest BCUT2D eigenvalue weighted by molar-refractivity contribution is 9.10. The molecule has 5 aromatic rings. The number of benzene rings is 4. The Morgan fingerprint density at radius 1 is 0.946 bits per heavy atom. The van der Waals surface area contributed by atoms with Crippen LogP contribution in [0.15, 0.2) is 89.4 Å². The van der Waals surface area contributed by atoms with E-state index in [2.05, 4.69) is 76.3 Å². The van der Waals surface area contributed by atoms with Crippen molar-refractivity contribution in [1.82, 2.24) is 9.88 Å². The monoisotopic (exact) mass is 552 g/mol. The van der Waals surface area contributed by atoms with Crippen molar-refractivity contribution in [2.45, 2.75) is 24.9 Å². The predicted molar refractivity (Wildman–Crippen MR) is 154 cm³/mol. The fourth-order valence-electron chi connectivity index (χ4n) is 5.55. The third-order valence-electron chi connectivity index (χ3n) is 7.43. The Morgan fingerprint density at radius 2 is 1.73 bits per heavy atom. The Balaban J connectivity index is 1.72. The number of hydrogen-bond acceptors (Lipinski definition) is 4. The fourth-order valence-corrected chi connectivity index (χ4v) is 5.93. The first kappa shape index (κ1) is 24.1. The van der Waals surface area contributed by atoms with Crippen molar-refractivity contribution in [1.29, 1.82) is 0 Å². The average molecular weight is 554 g/mol. The van der Waals surface area contributed by atoms with Crippen molar-refractivity contribution >= 4 is 37.6 Å². The topological polar surface area (TPSA) is 45.6 Å². The van der Waals surface area contributed by atoms with Crippen LogP contribution in [0.25, 0.3) is 21.7 Å². The number of halogens is 1. The molecule has 0 aliphatic carbocycles. The van der Waals surface area contributed by atoms with Gasteiger partial charge in [0.15, 0.2) is 0 Å². The summed E-state index contributed by atoms with van der Waals surface area (Å²) in [6, 6.07) is 28.9. The molecule has 5 heteroatoms. The standard InChI is InChI=1S/C32H29BrN2O2/c1-20-8-10-21(11-9-20)30-27-18-23-16-24(33)12-13-29(23)34-31(27)37-25-17-22-6-4-5-7-26(22)28(19-25)32(30,36)14-15-35(2)3/h4-13,16-19,30,36H,14-15H2,1-3H3. The Labute approximate surface area is 225 Å². The maximum atomic E-state index is 13.0. The number of fused-ring (bicyclic) bond motifs is 6. The number of rotatable bonds is 4.